The van der Waals surface area contributed by atoms with E-state index in [1.54, 1.807) is 31.3 Å². The largest absolute Gasteiger partial charge is 0.492 e. The first-order chi connectivity index (χ1) is 18.0. The van der Waals surface area contributed by atoms with Crippen molar-refractivity contribution in [3.63, 3.8) is 0 Å². The average Bonchev–Trinajstić information content (AvgIpc) is 2.92. The van der Waals surface area contributed by atoms with Crippen LogP contribution in [0.2, 0.25) is 0 Å². The van der Waals surface area contributed by atoms with Crippen molar-refractivity contribution in [2.75, 3.05) is 51.8 Å². The van der Waals surface area contributed by atoms with Gasteiger partial charge in [0, 0.05) is 45.0 Å². The molecule has 1 fully saturated rings. The van der Waals surface area contributed by atoms with Gasteiger partial charge in [-0.25, -0.2) is 4.98 Å². The number of halogens is 1. The van der Waals surface area contributed by atoms with Gasteiger partial charge in [0.25, 0.3) is 5.88 Å². The number of morpholine rings is 1. The highest BCUT2D eigenvalue weighted by Crippen LogP contribution is 2.25. The number of likely N-dealkylation sites (N-methyl/N-ethyl adjacent to an activating group) is 1. The van der Waals surface area contributed by atoms with Gasteiger partial charge in [0.05, 0.1) is 19.4 Å². The van der Waals surface area contributed by atoms with Gasteiger partial charge in [0.1, 0.15) is 18.1 Å². The van der Waals surface area contributed by atoms with Gasteiger partial charge in [-0.3, -0.25) is 9.69 Å². The number of benzene rings is 2. The maximum atomic E-state index is 14.4. The van der Waals surface area contributed by atoms with Gasteiger partial charge < -0.3 is 24.4 Å². The van der Waals surface area contributed by atoms with Crippen molar-refractivity contribution in [3.05, 3.63) is 78.8 Å². The Morgan fingerprint density at radius 2 is 2.00 bits per heavy atom. The minimum Gasteiger partial charge on any atom is -0.492 e. The van der Waals surface area contributed by atoms with Gasteiger partial charge in [-0.05, 0) is 35.9 Å². The SMILES string of the molecule is C=CC(=O)N(C)Cc1ccc(Oc2nc(Nc3cccc(OCCN4CCOCC4)c3)ncc2F)cc1. The zero-order valence-corrected chi connectivity index (χ0v) is 20.7. The first-order valence-corrected chi connectivity index (χ1v) is 12.0. The lowest BCUT2D eigenvalue weighted by Gasteiger charge is -2.26. The molecule has 4 rings (SSSR count). The Hall–Kier alpha value is -4.02. The fourth-order valence-corrected chi connectivity index (χ4v) is 3.68. The molecule has 0 aliphatic carbocycles. The maximum Gasteiger partial charge on any atom is 0.260 e. The van der Waals surface area contributed by atoms with Crippen LogP contribution in [0.1, 0.15) is 5.56 Å². The van der Waals surface area contributed by atoms with Crippen molar-refractivity contribution in [2.45, 2.75) is 6.54 Å². The molecule has 1 aliphatic rings. The second kappa shape index (κ2) is 12.8. The van der Waals surface area contributed by atoms with Crippen LogP contribution in [0.15, 0.2) is 67.4 Å². The molecule has 0 atom stereocenters. The van der Waals surface area contributed by atoms with Crippen LogP contribution in [0.5, 0.6) is 17.4 Å². The molecule has 0 spiro atoms. The molecule has 0 radical (unpaired) electrons. The van der Waals surface area contributed by atoms with E-state index in [4.69, 9.17) is 14.2 Å². The summed E-state index contributed by atoms with van der Waals surface area (Å²) in [6, 6.07) is 14.4. The number of amides is 1. The highest BCUT2D eigenvalue weighted by Gasteiger charge is 2.12. The van der Waals surface area contributed by atoms with E-state index >= 15 is 0 Å². The summed E-state index contributed by atoms with van der Waals surface area (Å²) in [5, 5.41) is 3.06. The van der Waals surface area contributed by atoms with E-state index in [1.165, 1.54) is 11.0 Å². The van der Waals surface area contributed by atoms with Crippen LogP contribution in [0, 0.1) is 5.82 Å². The summed E-state index contributed by atoms with van der Waals surface area (Å²) in [7, 11) is 1.69. The number of carbonyl (C=O) groups excluding carboxylic acids is 1. The monoisotopic (exact) mass is 507 g/mol. The Bertz CT molecular complexity index is 1200. The van der Waals surface area contributed by atoms with Crippen molar-refractivity contribution >= 4 is 17.5 Å². The number of carbonyl (C=O) groups is 1. The second-order valence-corrected chi connectivity index (χ2v) is 8.45. The lowest BCUT2D eigenvalue weighted by molar-refractivity contribution is -0.125. The Balaban J connectivity index is 1.34. The maximum absolute atomic E-state index is 14.4. The van der Waals surface area contributed by atoms with Crippen LogP contribution in [-0.2, 0) is 16.1 Å². The molecular formula is C27H30FN5O4. The van der Waals surface area contributed by atoms with Crippen LogP contribution in [0.3, 0.4) is 0 Å². The van der Waals surface area contributed by atoms with Gasteiger partial charge in [-0.2, -0.15) is 9.37 Å². The van der Waals surface area contributed by atoms with Crippen LogP contribution in [-0.4, -0.2) is 72.2 Å². The Morgan fingerprint density at radius 3 is 2.76 bits per heavy atom. The quantitative estimate of drug-likeness (QED) is 0.390. The number of anilines is 2. The van der Waals surface area contributed by atoms with Crippen LogP contribution in [0.25, 0.3) is 0 Å². The van der Waals surface area contributed by atoms with Gasteiger partial charge in [-0.1, -0.05) is 24.8 Å². The van der Waals surface area contributed by atoms with E-state index in [0.29, 0.717) is 30.3 Å². The van der Waals surface area contributed by atoms with Crippen LogP contribution >= 0.6 is 0 Å². The average molecular weight is 508 g/mol. The summed E-state index contributed by atoms with van der Waals surface area (Å²) in [5.74, 6) is 0.225. The summed E-state index contributed by atoms with van der Waals surface area (Å²) in [6.07, 6.45) is 2.31. The Labute approximate surface area is 215 Å². The molecule has 0 bridgehead atoms. The van der Waals surface area contributed by atoms with E-state index in [2.05, 4.69) is 26.8 Å². The lowest BCUT2D eigenvalue weighted by atomic mass is 10.2. The van der Waals surface area contributed by atoms with Gasteiger partial charge in [0.2, 0.25) is 17.7 Å². The third-order valence-electron chi connectivity index (χ3n) is 5.69. The minimum absolute atomic E-state index is 0.173. The van der Waals surface area contributed by atoms with E-state index < -0.39 is 5.82 Å². The molecule has 1 amide bonds. The summed E-state index contributed by atoms with van der Waals surface area (Å²) in [6.45, 7) is 8.62. The number of nitrogens with zero attached hydrogens (tertiary/aromatic N) is 4. The third-order valence-corrected chi connectivity index (χ3v) is 5.69. The molecule has 3 aromatic rings. The summed E-state index contributed by atoms with van der Waals surface area (Å²) in [4.78, 5) is 23.7. The summed E-state index contributed by atoms with van der Waals surface area (Å²) >= 11 is 0. The molecule has 37 heavy (non-hydrogen) atoms. The van der Waals surface area contributed by atoms with Gasteiger partial charge in [-0.15, -0.1) is 0 Å². The zero-order chi connectivity index (χ0) is 26.0. The predicted octanol–water partition coefficient (Wildman–Crippen LogP) is 4.01. The van der Waals surface area contributed by atoms with Crippen molar-refractivity contribution in [2.24, 2.45) is 0 Å². The van der Waals surface area contributed by atoms with Crippen molar-refractivity contribution in [3.8, 4) is 17.4 Å². The van der Waals surface area contributed by atoms with Crippen molar-refractivity contribution in [1.82, 2.24) is 19.8 Å². The number of hydrogen-bond acceptors (Lipinski definition) is 8. The Kier molecular flexibility index (Phi) is 9.01. The van der Waals surface area contributed by atoms with E-state index in [0.717, 1.165) is 44.6 Å². The molecule has 0 saturated carbocycles. The number of aromatic nitrogens is 2. The number of hydrogen-bond donors (Lipinski definition) is 1. The third kappa shape index (κ3) is 7.73. The first kappa shape index (κ1) is 26.1. The molecule has 0 unspecified atom stereocenters. The summed E-state index contributed by atoms with van der Waals surface area (Å²) in [5.41, 5.74) is 1.59. The second-order valence-electron chi connectivity index (χ2n) is 8.45. The lowest BCUT2D eigenvalue weighted by Crippen LogP contribution is -2.38. The molecule has 194 valence electrons. The number of rotatable bonds is 11. The Morgan fingerprint density at radius 1 is 1.22 bits per heavy atom. The molecule has 2 heterocycles. The van der Waals surface area contributed by atoms with Gasteiger partial charge in [0.15, 0.2) is 0 Å². The normalized spacial score (nSPS) is 13.6. The molecule has 1 aliphatic heterocycles. The van der Waals surface area contributed by atoms with Crippen molar-refractivity contribution in [1.29, 1.82) is 0 Å². The van der Waals surface area contributed by atoms with E-state index in [9.17, 15) is 9.18 Å². The molecule has 9 nitrogen and oxygen atoms in total. The van der Waals surface area contributed by atoms with Crippen molar-refractivity contribution < 1.29 is 23.4 Å². The number of nitrogens with one attached hydrogen (secondary N) is 1. The fraction of sp³-hybridized carbons (Fsp3) is 0.296. The molecule has 10 heteroatoms. The predicted molar refractivity (Wildman–Crippen MR) is 138 cm³/mol. The number of ether oxygens (including phenoxy) is 3. The van der Waals surface area contributed by atoms with E-state index in [1.807, 2.05) is 24.3 Å². The van der Waals surface area contributed by atoms with Gasteiger partial charge >= 0.3 is 0 Å². The highest BCUT2D eigenvalue weighted by atomic mass is 19.1. The molecule has 1 N–H and O–H groups in total. The summed E-state index contributed by atoms with van der Waals surface area (Å²) < 4.78 is 31.3. The molecule has 2 aromatic carbocycles. The van der Waals surface area contributed by atoms with Crippen LogP contribution < -0.4 is 14.8 Å². The molecule has 1 saturated heterocycles. The highest BCUT2D eigenvalue weighted by molar-refractivity contribution is 5.86. The smallest absolute Gasteiger partial charge is 0.260 e. The van der Waals surface area contributed by atoms with Crippen LogP contribution in [0.4, 0.5) is 16.0 Å². The first-order valence-electron chi connectivity index (χ1n) is 12.0. The standard InChI is InChI=1S/C27H30FN5O4/c1-3-25(34)32(2)19-20-7-9-22(10-8-20)37-26-24(28)18-29-27(31-26)30-21-5-4-6-23(17-21)36-16-13-33-11-14-35-15-12-33/h3-10,17-18H,1,11-16,19H2,2H3,(H,29,30,31). The zero-order valence-electron chi connectivity index (χ0n) is 20.7. The topological polar surface area (TPSA) is 89.1 Å². The fourth-order valence-electron chi connectivity index (χ4n) is 3.68. The minimum atomic E-state index is -0.689. The molecule has 1 aromatic heterocycles. The van der Waals surface area contributed by atoms with E-state index in [-0.39, 0.29) is 17.7 Å². The molecular weight excluding hydrogens is 477 g/mol.